The Hall–Kier alpha value is -2.48. The van der Waals surface area contributed by atoms with E-state index in [1.165, 1.54) is 5.56 Å². The van der Waals surface area contributed by atoms with Crippen LogP contribution in [0, 0.1) is 5.92 Å². The van der Waals surface area contributed by atoms with Crippen LogP contribution in [0.15, 0.2) is 71.7 Å². The topological polar surface area (TPSA) is 29.4 Å². The summed E-state index contributed by atoms with van der Waals surface area (Å²) in [6.07, 6.45) is 6.07. The van der Waals surface area contributed by atoms with E-state index in [9.17, 15) is 4.79 Å². The number of ketones is 1. The Morgan fingerprint density at radius 1 is 1.05 bits per heavy atom. The Kier molecular flexibility index (Phi) is 4.59. The Balaban J connectivity index is 1.54. The molecule has 0 radical (unpaired) electrons. The summed E-state index contributed by atoms with van der Waals surface area (Å²) >= 11 is 0. The van der Waals surface area contributed by atoms with Crippen molar-refractivity contribution < 1.29 is 4.79 Å². The van der Waals surface area contributed by atoms with Gasteiger partial charge in [-0.3, -0.25) is 9.79 Å². The first kappa shape index (κ1) is 14.5. The van der Waals surface area contributed by atoms with Crippen LogP contribution >= 0.6 is 0 Å². The van der Waals surface area contributed by atoms with Crippen molar-refractivity contribution in [2.45, 2.75) is 12.8 Å². The van der Waals surface area contributed by atoms with E-state index in [1.54, 1.807) is 0 Å². The second-order valence-electron chi connectivity index (χ2n) is 5.60. The molecule has 3 rings (SSSR count). The monoisotopic (exact) mass is 289 g/mol. The first-order valence-corrected chi connectivity index (χ1v) is 7.67. The minimum absolute atomic E-state index is 0.0788. The summed E-state index contributed by atoms with van der Waals surface area (Å²) in [5, 5.41) is 0. The molecule has 1 atom stereocenters. The molecule has 0 aromatic heterocycles. The molecule has 0 aliphatic carbocycles. The van der Waals surface area contributed by atoms with E-state index in [0.29, 0.717) is 5.92 Å². The lowest BCUT2D eigenvalue weighted by Gasteiger charge is -2.04. The van der Waals surface area contributed by atoms with Gasteiger partial charge in [-0.15, -0.1) is 0 Å². The van der Waals surface area contributed by atoms with E-state index < -0.39 is 0 Å². The smallest absolute Gasteiger partial charge is 0.206 e. The lowest BCUT2D eigenvalue weighted by atomic mass is 9.97. The van der Waals surface area contributed by atoms with Gasteiger partial charge < -0.3 is 0 Å². The molecule has 0 amide bonds. The molecule has 1 aliphatic heterocycles. The van der Waals surface area contributed by atoms with Crippen LogP contribution in [-0.4, -0.2) is 18.0 Å². The van der Waals surface area contributed by atoms with Crippen LogP contribution in [0.5, 0.6) is 0 Å². The van der Waals surface area contributed by atoms with Gasteiger partial charge in [0.15, 0.2) is 0 Å². The van der Waals surface area contributed by atoms with Crippen LogP contribution in [0.1, 0.15) is 28.8 Å². The first-order valence-electron chi connectivity index (χ1n) is 7.67. The molecule has 0 saturated carbocycles. The lowest BCUT2D eigenvalue weighted by molar-refractivity contribution is 0.106. The summed E-state index contributed by atoms with van der Waals surface area (Å²) < 4.78 is 0. The van der Waals surface area contributed by atoms with Crippen molar-refractivity contribution in [1.29, 1.82) is 0 Å². The molecular formula is C20H19NO. The largest absolute Gasteiger partial charge is 0.287 e. The molecule has 0 fully saturated rings. The van der Waals surface area contributed by atoms with Gasteiger partial charge >= 0.3 is 0 Å². The average Bonchev–Trinajstić information content (AvgIpc) is 3.05. The fourth-order valence-electron chi connectivity index (χ4n) is 2.68. The van der Waals surface area contributed by atoms with Crippen LogP contribution in [-0.2, 0) is 0 Å². The third-order valence-electron chi connectivity index (χ3n) is 3.90. The molecule has 1 aliphatic rings. The van der Waals surface area contributed by atoms with Gasteiger partial charge in [-0.2, -0.15) is 0 Å². The van der Waals surface area contributed by atoms with Crippen LogP contribution in [0.25, 0.3) is 6.08 Å². The number of Topliss-reactive ketones (excluding diaryl/α,β-unsaturated/α-hetero) is 1. The zero-order valence-corrected chi connectivity index (χ0v) is 12.5. The minimum Gasteiger partial charge on any atom is -0.287 e. The number of aliphatic imine (C=N–C) groups is 1. The van der Waals surface area contributed by atoms with Crippen LogP contribution in [0.2, 0.25) is 0 Å². The van der Waals surface area contributed by atoms with Crippen molar-refractivity contribution in [3.05, 3.63) is 77.9 Å². The predicted octanol–water partition coefficient (Wildman–Crippen LogP) is 4.43. The molecule has 0 saturated heterocycles. The fraction of sp³-hybridized carbons (Fsp3) is 0.200. The van der Waals surface area contributed by atoms with Crippen molar-refractivity contribution in [2.24, 2.45) is 10.9 Å². The fourth-order valence-corrected chi connectivity index (χ4v) is 2.68. The van der Waals surface area contributed by atoms with Crippen molar-refractivity contribution in [3.8, 4) is 0 Å². The number of carbonyl (C=O) groups excluding carboxylic acids is 1. The molecule has 2 aromatic rings. The number of hydrogen-bond donors (Lipinski definition) is 0. The van der Waals surface area contributed by atoms with E-state index in [1.807, 2.05) is 48.5 Å². The first-order chi connectivity index (χ1) is 10.8. The number of carbonyl (C=O) groups is 1. The Morgan fingerprint density at radius 3 is 2.45 bits per heavy atom. The maximum atomic E-state index is 12.3. The van der Waals surface area contributed by atoms with E-state index in [2.05, 4.69) is 29.3 Å². The Morgan fingerprint density at radius 2 is 1.73 bits per heavy atom. The van der Waals surface area contributed by atoms with Crippen molar-refractivity contribution >= 4 is 17.6 Å². The van der Waals surface area contributed by atoms with Gasteiger partial charge in [0, 0.05) is 12.1 Å². The number of benzene rings is 2. The second kappa shape index (κ2) is 6.99. The summed E-state index contributed by atoms with van der Waals surface area (Å²) in [5.74, 6) is 0.526. The summed E-state index contributed by atoms with van der Waals surface area (Å²) in [5.41, 5.74) is 2.67. The van der Waals surface area contributed by atoms with E-state index in [-0.39, 0.29) is 5.78 Å². The molecule has 22 heavy (non-hydrogen) atoms. The van der Waals surface area contributed by atoms with E-state index in [0.717, 1.165) is 30.7 Å². The molecule has 0 unspecified atom stereocenters. The van der Waals surface area contributed by atoms with Crippen LogP contribution < -0.4 is 0 Å². The van der Waals surface area contributed by atoms with Crippen LogP contribution in [0.4, 0.5) is 0 Å². The van der Waals surface area contributed by atoms with Gasteiger partial charge in [-0.25, -0.2) is 0 Å². The molecule has 1 heterocycles. The van der Waals surface area contributed by atoms with Gasteiger partial charge in [-0.05, 0) is 24.3 Å². The number of allylic oxidation sites excluding steroid dienone is 1. The molecule has 2 nitrogen and oxygen atoms in total. The highest BCUT2D eigenvalue weighted by molar-refractivity contribution is 6.46. The SMILES string of the molecule is O=C(C1=NC[C@@H](C/C=C\c2ccccc2)C1)c1ccccc1. The highest BCUT2D eigenvalue weighted by Gasteiger charge is 2.23. The Bertz CT molecular complexity index is 686. The standard InChI is InChI=1S/C20H19NO/c22-20(18-12-5-2-6-13-18)19-14-17(15-21-19)11-7-10-16-8-3-1-4-9-16/h1-10,12-13,17H,11,14-15H2/b10-7-/t17-/m0/s1. The third kappa shape index (κ3) is 3.59. The maximum Gasteiger partial charge on any atom is 0.206 e. The van der Waals surface area contributed by atoms with Crippen molar-refractivity contribution in [2.75, 3.05) is 6.54 Å². The summed E-state index contributed by atoms with van der Waals surface area (Å²) in [4.78, 5) is 16.8. The summed E-state index contributed by atoms with van der Waals surface area (Å²) in [6.45, 7) is 0.757. The predicted molar refractivity (Wildman–Crippen MR) is 91.3 cm³/mol. The van der Waals surface area contributed by atoms with Crippen LogP contribution in [0.3, 0.4) is 0 Å². The molecule has 2 heteroatoms. The van der Waals surface area contributed by atoms with Gasteiger partial charge in [0.25, 0.3) is 0 Å². The zero-order valence-electron chi connectivity index (χ0n) is 12.5. The maximum absolute atomic E-state index is 12.3. The summed E-state index contributed by atoms with van der Waals surface area (Å²) in [6, 6.07) is 19.7. The number of rotatable bonds is 5. The quantitative estimate of drug-likeness (QED) is 0.748. The molecule has 110 valence electrons. The highest BCUT2D eigenvalue weighted by atomic mass is 16.1. The summed E-state index contributed by atoms with van der Waals surface area (Å²) in [7, 11) is 0. The van der Waals surface area contributed by atoms with Crippen molar-refractivity contribution in [3.63, 3.8) is 0 Å². The zero-order chi connectivity index (χ0) is 15.2. The molecule has 0 bridgehead atoms. The molecule has 2 aromatic carbocycles. The van der Waals surface area contributed by atoms with Crippen molar-refractivity contribution in [1.82, 2.24) is 0 Å². The number of hydrogen-bond acceptors (Lipinski definition) is 2. The highest BCUT2D eigenvalue weighted by Crippen LogP contribution is 2.20. The van der Waals surface area contributed by atoms with E-state index in [4.69, 9.17) is 0 Å². The number of nitrogens with zero attached hydrogens (tertiary/aromatic N) is 1. The van der Waals surface area contributed by atoms with Gasteiger partial charge in [0.05, 0.1) is 5.71 Å². The second-order valence-corrected chi connectivity index (χ2v) is 5.60. The van der Waals surface area contributed by atoms with Gasteiger partial charge in [-0.1, -0.05) is 72.8 Å². The average molecular weight is 289 g/mol. The normalized spacial score (nSPS) is 17.6. The van der Waals surface area contributed by atoms with Gasteiger partial charge in [0.1, 0.15) is 0 Å². The van der Waals surface area contributed by atoms with E-state index >= 15 is 0 Å². The molecule has 0 N–H and O–H groups in total. The third-order valence-corrected chi connectivity index (χ3v) is 3.90. The lowest BCUT2D eigenvalue weighted by Crippen LogP contribution is -2.13. The molecule has 0 spiro atoms. The molecular weight excluding hydrogens is 270 g/mol. The van der Waals surface area contributed by atoms with Gasteiger partial charge in [0.2, 0.25) is 5.78 Å². The minimum atomic E-state index is 0.0788. The Labute approximate surface area is 131 Å².